The molecule has 6 nitrogen and oxygen atoms in total. The number of benzene rings is 1. The fraction of sp³-hybridized carbons (Fsp3) is 0.300. The molecule has 0 aliphatic carbocycles. The van der Waals surface area contributed by atoms with Crippen LogP contribution in [-0.4, -0.2) is 41.0 Å². The fourth-order valence-electron chi connectivity index (χ4n) is 2.83. The summed E-state index contributed by atoms with van der Waals surface area (Å²) in [6.07, 6.45) is 3.92. The number of methoxy groups -OCH3 is 1. The lowest BCUT2D eigenvalue weighted by molar-refractivity contribution is 0.0894. The minimum absolute atomic E-state index is 0.117. The Hall–Kier alpha value is -2.64. The number of carbonyl (C=O) groups is 1. The van der Waals surface area contributed by atoms with Gasteiger partial charge in [-0.25, -0.2) is 0 Å². The Morgan fingerprint density at radius 2 is 2.19 bits per heavy atom. The minimum Gasteiger partial charge on any atom is -0.495 e. The number of thiophene rings is 1. The van der Waals surface area contributed by atoms with Crippen LogP contribution in [0.4, 0.5) is 0 Å². The molecule has 1 amide bonds. The van der Waals surface area contributed by atoms with E-state index in [0.717, 1.165) is 21.5 Å². The van der Waals surface area contributed by atoms with E-state index < -0.39 is 0 Å². The number of nitrogens with zero attached hydrogens (tertiary/aromatic N) is 1. The molecular weight excluding hydrogens is 362 g/mol. The van der Waals surface area contributed by atoms with Gasteiger partial charge in [-0.15, -0.1) is 11.3 Å². The van der Waals surface area contributed by atoms with Crippen molar-refractivity contribution in [1.82, 2.24) is 15.5 Å². The van der Waals surface area contributed by atoms with E-state index >= 15 is 0 Å². The molecule has 142 valence electrons. The van der Waals surface area contributed by atoms with Gasteiger partial charge in [0.2, 0.25) is 0 Å². The summed E-state index contributed by atoms with van der Waals surface area (Å²) in [5, 5.41) is 22.4. The van der Waals surface area contributed by atoms with E-state index in [9.17, 15) is 9.90 Å². The summed E-state index contributed by atoms with van der Waals surface area (Å²) in [6, 6.07) is 7.18. The van der Waals surface area contributed by atoms with Crippen LogP contribution in [0.1, 0.15) is 34.8 Å². The normalized spacial score (nSPS) is 12.8. The predicted octanol–water partition coefficient (Wildman–Crippen LogP) is 3.55. The number of H-pyrrole nitrogens is 1. The largest absolute Gasteiger partial charge is 0.495 e. The quantitative estimate of drug-likeness (QED) is 0.580. The maximum atomic E-state index is 12.8. The lowest BCUT2D eigenvalue weighted by atomic mass is 10.0. The predicted molar refractivity (Wildman–Crippen MR) is 109 cm³/mol. The molecule has 0 spiro atoms. The van der Waals surface area contributed by atoms with Gasteiger partial charge in [-0.3, -0.25) is 9.89 Å². The van der Waals surface area contributed by atoms with Gasteiger partial charge in [0.15, 0.2) is 0 Å². The van der Waals surface area contributed by atoms with Crippen LogP contribution < -0.4 is 10.1 Å². The third kappa shape index (κ3) is 4.04. The molecule has 0 aliphatic rings. The number of aliphatic hydroxyl groups is 1. The summed E-state index contributed by atoms with van der Waals surface area (Å²) in [7, 11) is 1.54. The smallest absolute Gasteiger partial charge is 0.255 e. The second kappa shape index (κ2) is 8.37. The van der Waals surface area contributed by atoms with E-state index in [-0.39, 0.29) is 24.5 Å². The number of amides is 1. The van der Waals surface area contributed by atoms with Gasteiger partial charge in [-0.2, -0.15) is 5.10 Å². The molecular formula is C20H23N3O3S. The zero-order valence-electron chi connectivity index (χ0n) is 15.5. The Bertz CT molecular complexity index is 945. The Labute approximate surface area is 161 Å². The Morgan fingerprint density at radius 1 is 1.37 bits per heavy atom. The van der Waals surface area contributed by atoms with E-state index in [0.29, 0.717) is 11.3 Å². The first-order valence-corrected chi connectivity index (χ1v) is 9.61. The van der Waals surface area contributed by atoms with Crippen molar-refractivity contribution in [2.75, 3.05) is 13.7 Å². The van der Waals surface area contributed by atoms with Crippen LogP contribution in [0.2, 0.25) is 0 Å². The molecule has 3 N–H and O–H groups in total. The van der Waals surface area contributed by atoms with Crippen molar-refractivity contribution in [2.24, 2.45) is 5.92 Å². The molecule has 27 heavy (non-hydrogen) atoms. The number of carbonyl (C=O) groups excluding carboxylic acids is 1. The van der Waals surface area contributed by atoms with Gasteiger partial charge in [-0.1, -0.05) is 19.9 Å². The summed E-state index contributed by atoms with van der Waals surface area (Å²) in [5.74, 6) is 0.299. The van der Waals surface area contributed by atoms with E-state index in [4.69, 9.17) is 4.74 Å². The van der Waals surface area contributed by atoms with Crippen molar-refractivity contribution in [1.29, 1.82) is 0 Å². The molecule has 2 aromatic heterocycles. The fourth-order valence-corrected chi connectivity index (χ4v) is 3.45. The molecule has 0 aliphatic heterocycles. The summed E-state index contributed by atoms with van der Waals surface area (Å²) >= 11 is 1.64. The minimum atomic E-state index is -0.319. The maximum absolute atomic E-state index is 12.8. The molecule has 2 heterocycles. The molecule has 0 saturated carbocycles. The van der Waals surface area contributed by atoms with Gasteiger partial charge in [-0.05, 0) is 41.6 Å². The lowest BCUT2D eigenvalue weighted by Crippen LogP contribution is -2.41. The third-order valence-electron chi connectivity index (χ3n) is 4.43. The highest BCUT2D eigenvalue weighted by Crippen LogP contribution is 2.32. The van der Waals surface area contributed by atoms with Gasteiger partial charge >= 0.3 is 0 Å². The summed E-state index contributed by atoms with van der Waals surface area (Å²) < 4.78 is 5.58. The Balaban J connectivity index is 1.99. The van der Waals surface area contributed by atoms with E-state index in [1.165, 1.54) is 7.11 Å². The summed E-state index contributed by atoms with van der Waals surface area (Å²) in [4.78, 5) is 13.9. The molecule has 0 saturated heterocycles. The van der Waals surface area contributed by atoms with Crippen LogP contribution >= 0.6 is 11.3 Å². The van der Waals surface area contributed by atoms with Crippen molar-refractivity contribution >= 4 is 40.3 Å². The third-order valence-corrected chi connectivity index (χ3v) is 5.26. The molecule has 3 aromatic rings. The molecule has 7 heteroatoms. The monoisotopic (exact) mass is 385 g/mol. The number of aliphatic hydroxyl groups excluding tert-OH is 1. The number of aromatic amines is 1. The molecule has 0 radical (unpaired) electrons. The van der Waals surface area contributed by atoms with E-state index in [2.05, 4.69) is 15.5 Å². The van der Waals surface area contributed by atoms with Crippen LogP contribution in [0.5, 0.6) is 5.75 Å². The molecule has 0 fully saturated rings. The zero-order chi connectivity index (χ0) is 19.4. The average Bonchev–Trinajstić information content (AvgIpc) is 3.32. The van der Waals surface area contributed by atoms with Crippen molar-refractivity contribution in [3.8, 4) is 5.75 Å². The number of nitrogens with one attached hydrogen (secondary N) is 2. The van der Waals surface area contributed by atoms with Crippen LogP contribution in [0.3, 0.4) is 0 Å². The first-order valence-electron chi connectivity index (χ1n) is 8.73. The SMILES string of the molecule is COc1c(C(=O)NC(CO)C(C)C)ccc2n[nH]c(/C=C/c3cccs3)c12. The maximum Gasteiger partial charge on any atom is 0.255 e. The summed E-state index contributed by atoms with van der Waals surface area (Å²) in [6.45, 7) is 3.78. The Morgan fingerprint density at radius 3 is 2.81 bits per heavy atom. The molecule has 1 unspecified atom stereocenters. The van der Waals surface area contributed by atoms with Gasteiger partial charge in [0, 0.05) is 4.88 Å². The number of rotatable bonds is 7. The Kier molecular flexibility index (Phi) is 5.93. The number of ether oxygens (including phenoxy) is 1. The molecule has 1 atom stereocenters. The average molecular weight is 385 g/mol. The number of hydrogen-bond acceptors (Lipinski definition) is 5. The topological polar surface area (TPSA) is 87.2 Å². The highest BCUT2D eigenvalue weighted by molar-refractivity contribution is 7.10. The molecule has 1 aromatic carbocycles. The standard InChI is InChI=1S/C20H23N3O3S/c1-12(2)17(11-24)21-20(25)14-7-9-16-18(19(14)26-3)15(22-23-16)8-6-13-5-4-10-27-13/h4-10,12,17,24H,11H2,1-3H3,(H,21,25)(H,22,23)/b8-6+. The van der Waals surface area contributed by atoms with Crippen molar-refractivity contribution in [3.05, 3.63) is 45.8 Å². The lowest BCUT2D eigenvalue weighted by Gasteiger charge is -2.20. The first-order chi connectivity index (χ1) is 13.0. The van der Waals surface area contributed by atoms with Crippen molar-refractivity contribution in [2.45, 2.75) is 19.9 Å². The molecule has 0 bridgehead atoms. The van der Waals surface area contributed by atoms with E-state index in [1.807, 2.05) is 43.5 Å². The summed E-state index contributed by atoms with van der Waals surface area (Å²) in [5.41, 5.74) is 1.90. The molecule has 3 rings (SSSR count). The highest BCUT2D eigenvalue weighted by atomic mass is 32.1. The first kappa shape index (κ1) is 19.1. The van der Waals surface area contributed by atoms with Crippen molar-refractivity contribution < 1.29 is 14.6 Å². The number of hydrogen-bond donors (Lipinski definition) is 3. The van der Waals surface area contributed by atoms with Crippen molar-refractivity contribution in [3.63, 3.8) is 0 Å². The van der Waals surface area contributed by atoms with Gasteiger partial charge < -0.3 is 15.2 Å². The second-order valence-corrected chi connectivity index (χ2v) is 7.51. The van der Waals surface area contributed by atoms with Crippen LogP contribution in [0.25, 0.3) is 23.1 Å². The van der Waals surface area contributed by atoms with Gasteiger partial charge in [0.1, 0.15) is 5.75 Å². The number of fused-ring (bicyclic) bond motifs is 1. The van der Waals surface area contributed by atoms with Gasteiger partial charge in [0.05, 0.1) is 41.9 Å². The van der Waals surface area contributed by atoms with E-state index in [1.54, 1.807) is 23.5 Å². The van der Waals surface area contributed by atoms with Crippen LogP contribution in [0.15, 0.2) is 29.6 Å². The highest BCUT2D eigenvalue weighted by Gasteiger charge is 2.22. The second-order valence-electron chi connectivity index (χ2n) is 6.53. The number of aromatic nitrogens is 2. The van der Waals surface area contributed by atoms with Crippen LogP contribution in [-0.2, 0) is 0 Å². The zero-order valence-corrected chi connectivity index (χ0v) is 16.3. The van der Waals surface area contributed by atoms with Crippen LogP contribution in [0, 0.1) is 5.92 Å². The van der Waals surface area contributed by atoms with Gasteiger partial charge in [0.25, 0.3) is 5.91 Å².